The fraction of sp³-hybridized carbons (Fsp3) is 0.500. The van der Waals surface area contributed by atoms with Crippen molar-refractivity contribution in [2.45, 2.75) is 33.4 Å². The Balaban J connectivity index is 3.07. The normalized spacial score (nSPS) is 12.5. The van der Waals surface area contributed by atoms with Crippen LogP contribution in [-0.4, -0.2) is 15.8 Å². The van der Waals surface area contributed by atoms with E-state index in [1.165, 1.54) is 0 Å². The van der Waals surface area contributed by atoms with Gasteiger partial charge in [-0.05, 0) is 26.8 Å². The van der Waals surface area contributed by atoms with Gasteiger partial charge in [0.2, 0.25) is 0 Å². The van der Waals surface area contributed by atoms with Gasteiger partial charge in [-0.25, -0.2) is 0 Å². The summed E-state index contributed by atoms with van der Waals surface area (Å²) in [6.45, 7) is 6.13. The van der Waals surface area contributed by atoms with Crippen LogP contribution < -0.4 is 0 Å². The highest BCUT2D eigenvalue weighted by molar-refractivity contribution is 5.37. The van der Waals surface area contributed by atoms with Crippen molar-refractivity contribution in [2.75, 3.05) is 0 Å². The van der Waals surface area contributed by atoms with E-state index < -0.39 is 0 Å². The molecular weight excluding hydrogens is 164 g/mol. The maximum Gasteiger partial charge on any atom is 0.101 e. The number of hydrogen-bond donors (Lipinski definition) is 1. The van der Waals surface area contributed by atoms with Crippen molar-refractivity contribution in [2.24, 2.45) is 0 Å². The Morgan fingerprint density at radius 2 is 2.23 bits per heavy atom. The standard InChI is InChI=1S/C10H14N2O/c1-7-4-10(5-11)9(3)12(7)6-8(2)13/h4,8,13H,6H2,1-3H3. The molecule has 13 heavy (non-hydrogen) atoms. The second kappa shape index (κ2) is 3.63. The fourth-order valence-electron chi connectivity index (χ4n) is 1.46. The lowest BCUT2D eigenvalue weighted by Crippen LogP contribution is -2.13. The van der Waals surface area contributed by atoms with E-state index in [0.717, 1.165) is 11.4 Å². The third-order valence-corrected chi connectivity index (χ3v) is 2.14. The van der Waals surface area contributed by atoms with Crippen LogP contribution in [0.15, 0.2) is 6.07 Å². The molecule has 0 saturated carbocycles. The first-order chi connectivity index (χ1) is 6.06. The van der Waals surface area contributed by atoms with E-state index in [0.29, 0.717) is 12.1 Å². The smallest absolute Gasteiger partial charge is 0.101 e. The largest absolute Gasteiger partial charge is 0.392 e. The molecule has 0 amide bonds. The van der Waals surface area contributed by atoms with Crippen LogP contribution >= 0.6 is 0 Å². The molecule has 1 atom stereocenters. The van der Waals surface area contributed by atoms with Crippen LogP contribution in [0, 0.1) is 25.2 Å². The van der Waals surface area contributed by atoms with E-state index in [-0.39, 0.29) is 6.10 Å². The summed E-state index contributed by atoms with van der Waals surface area (Å²) in [5, 5.41) is 18.0. The lowest BCUT2D eigenvalue weighted by atomic mass is 10.3. The molecule has 1 aromatic heterocycles. The van der Waals surface area contributed by atoms with E-state index in [9.17, 15) is 5.11 Å². The molecule has 1 unspecified atom stereocenters. The number of aryl methyl sites for hydroxylation is 1. The molecule has 1 aromatic rings. The molecule has 0 saturated heterocycles. The zero-order valence-corrected chi connectivity index (χ0v) is 8.20. The number of aliphatic hydroxyl groups excluding tert-OH is 1. The molecule has 0 fully saturated rings. The number of aliphatic hydroxyl groups is 1. The summed E-state index contributed by atoms with van der Waals surface area (Å²) >= 11 is 0. The van der Waals surface area contributed by atoms with Crippen molar-refractivity contribution < 1.29 is 5.11 Å². The summed E-state index contributed by atoms with van der Waals surface area (Å²) in [6.07, 6.45) is -0.378. The second-order valence-corrected chi connectivity index (χ2v) is 3.36. The number of nitrogens with zero attached hydrogens (tertiary/aromatic N) is 2. The zero-order chi connectivity index (χ0) is 10.0. The van der Waals surface area contributed by atoms with Gasteiger partial charge in [0, 0.05) is 17.9 Å². The second-order valence-electron chi connectivity index (χ2n) is 3.36. The molecule has 0 aliphatic rings. The quantitative estimate of drug-likeness (QED) is 0.743. The highest BCUT2D eigenvalue weighted by Gasteiger charge is 2.09. The van der Waals surface area contributed by atoms with Crippen molar-refractivity contribution in [1.82, 2.24) is 4.57 Å². The van der Waals surface area contributed by atoms with Gasteiger partial charge in [0.05, 0.1) is 11.7 Å². The summed E-state index contributed by atoms with van der Waals surface area (Å²) in [7, 11) is 0. The Kier molecular flexibility index (Phi) is 2.74. The number of rotatable bonds is 2. The average molecular weight is 178 g/mol. The Bertz CT molecular complexity index is 345. The molecule has 0 aliphatic carbocycles. The number of hydrogen-bond acceptors (Lipinski definition) is 2. The number of nitriles is 1. The monoisotopic (exact) mass is 178 g/mol. The fourth-order valence-corrected chi connectivity index (χ4v) is 1.46. The third kappa shape index (κ3) is 1.90. The predicted molar refractivity (Wildman–Crippen MR) is 50.3 cm³/mol. The molecule has 0 spiro atoms. The first kappa shape index (κ1) is 9.82. The molecule has 0 aromatic carbocycles. The van der Waals surface area contributed by atoms with E-state index in [1.54, 1.807) is 6.92 Å². The summed E-state index contributed by atoms with van der Waals surface area (Å²) in [5.74, 6) is 0. The minimum Gasteiger partial charge on any atom is -0.392 e. The van der Waals surface area contributed by atoms with Crippen molar-refractivity contribution in [3.8, 4) is 6.07 Å². The van der Waals surface area contributed by atoms with Crippen LogP contribution in [0.25, 0.3) is 0 Å². The Morgan fingerprint density at radius 3 is 2.62 bits per heavy atom. The summed E-state index contributed by atoms with van der Waals surface area (Å²) in [6, 6.07) is 3.97. The Morgan fingerprint density at radius 1 is 1.62 bits per heavy atom. The third-order valence-electron chi connectivity index (χ3n) is 2.14. The van der Waals surface area contributed by atoms with Gasteiger partial charge in [0.1, 0.15) is 6.07 Å². The molecule has 3 heteroatoms. The summed E-state index contributed by atoms with van der Waals surface area (Å²) < 4.78 is 1.96. The lowest BCUT2D eigenvalue weighted by Gasteiger charge is -2.10. The molecular formula is C10H14N2O. The van der Waals surface area contributed by atoms with Gasteiger partial charge in [-0.1, -0.05) is 0 Å². The molecule has 1 N–H and O–H groups in total. The van der Waals surface area contributed by atoms with Crippen molar-refractivity contribution in [1.29, 1.82) is 5.26 Å². The van der Waals surface area contributed by atoms with Crippen LogP contribution in [0.2, 0.25) is 0 Å². The van der Waals surface area contributed by atoms with E-state index >= 15 is 0 Å². The molecule has 1 rings (SSSR count). The van der Waals surface area contributed by atoms with Crippen LogP contribution in [0.4, 0.5) is 0 Å². The maximum atomic E-state index is 9.23. The minimum atomic E-state index is -0.378. The lowest BCUT2D eigenvalue weighted by molar-refractivity contribution is 0.172. The molecule has 0 bridgehead atoms. The van der Waals surface area contributed by atoms with Gasteiger partial charge in [-0.3, -0.25) is 0 Å². The molecule has 3 nitrogen and oxygen atoms in total. The predicted octanol–water partition coefficient (Wildman–Crippen LogP) is 1.36. The van der Waals surface area contributed by atoms with E-state index in [2.05, 4.69) is 6.07 Å². The highest BCUT2D eigenvalue weighted by Crippen LogP contribution is 2.14. The topological polar surface area (TPSA) is 49.0 Å². The van der Waals surface area contributed by atoms with Crippen molar-refractivity contribution >= 4 is 0 Å². The first-order valence-corrected chi connectivity index (χ1v) is 4.31. The van der Waals surface area contributed by atoms with Gasteiger partial charge in [-0.15, -0.1) is 0 Å². The van der Waals surface area contributed by atoms with Crippen molar-refractivity contribution in [3.05, 3.63) is 23.0 Å². The Labute approximate surface area is 78.2 Å². The highest BCUT2D eigenvalue weighted by atomic mass is 16.3. The van der Waals surface area contributed by atoms with E-state index in [4.69, 9.17) is 5.26 Å². The van der Waals surface area contributed by atoms with Crippen LogP contribution in [0.3, 0.4) is 0 Å². The van der Waals surface area contributed by atoms with Crippen LogP contribution in [-0.2, 0) is 6.54 Å². The van der Waals surface area contributed by atoms with Gasteiger partial charge < -0.3 is 9.67 Å². The minimum absolute atomic E-state index is 0.378. The van der Waals surface area contributed by atoms with Crippen molar-refractivity contribution in [3.63, 3.8) is 0 Å². The Hall–Kier alpha value is -1.27. The van der Waals surface area contributed by atoms with Gasteiger partial charge in [0.25, 0.3) is 0 Å². The maximum absolute atomic E-state index is 9.23. The van der Waals surface area contributed by atoms with Crippen LogP contribution in [0.5, 0.6) is 0 Å². The van der Waals surface area contributed by atoms with E-state index in [1.807, 2.05) is 24.5 Å². The average Bonchev–Trinajstić information content (AvgIpc) is 2.31. The summed E-state index contributed by atoms with van der Waals surface area (Å²) in [5.41, 5.74) is 2.65. The molecule has 1 heterocycles. The van der Waals surface area contributed by atoms with Gasteiger partial charge >= 0.3 is 0 Å². The number of aromatic nitrogens is 1. The van der Waals surface area contributed by atoms with Gasteiger partial charge in [-0.2, -0.15) is 5.26 Å². The SMILES string of the molecule is Cc1cc(C#N)c(C)n1CC(C)O. The molecule has 70 valence electrons. The summed E-state index contributed by atoms with van der Waals surface area (Å²) in [4.78, 5) is 0. The first-order valence-electron chi connectivity index (χ1n) is 4.31. The molecule has 0 radical (unpaired) electrons. The van der Waals surface area contributed by atoms with Crippen LogP contribution in [0.1, 0.15) is 23.9 Å². The zero-order valence-electron chi connectivity index (χ0n) is 8.20. The molecule has 0 aliphatic heterocycles. The van der Waals surface area contributed by atoms with Gasteiger partial charge in [0.15, 0.2) is 0 Å².